The van der Waals surface area contributed by atoms with Crippen molar-refractivity contribution in [2.45, 2.75) is 246 Å². The minimum Gasteiger partial charge on any atom is -0.388 e. The number of benzene rings is 3. The Balaban J connectivity index is 0.000000144. The third-order valence-electron chi connectivity index (χ3n) is 26.5. The van der Waals surface area contributed by atoms with E-state index in [0.717, 1.165) is 132 Å². The number of rotatable bonds is 15. The average molecular weight is 1590 g/mol. The molecule has 7 fully saturated rings. The fraction of sp³-hybridized carbons (Fsp3) is 0.581. The van der Waals surface area contributed by atoms with Crippen molar-refractivity contribution in [2.24, 2.45) is 28.1 Å². The van der Waals surface area contributed by atoms with E-state index in [1.54, 1.807) is 27.0 Å². The molecule has 622 valence electrons. The van der Waals surface area contributed by atoms with Gasteiger partial charge in [-0.2, -0.15) is 0 Å². The van der Waals surface area contributed by atoms with Gasteiger partial charge in [-0.3, -0.25) is 43.2 Å². The topological polar surface area (TPSA) is 266 Å². The van der Waals surface area contributed by atoms with E-state index in [2.05, 4.69) is 101 Å². The SMILES string of the molecule is CCC(=O)[C@@H]1C[C@]23COC/C=C\CCNCc4cc(CC(C)C)cc5c(C(C)=O)cn(c45)CC(=O)N1[C@@H]2C3.CCC(=O)[C@@H]1C[C@]23COC/C=C\CCNCc4cc(NC)cc5c(C(C)=O)cn(c45)CC(=O)N1[C@@H]2C3.CCC(=O)[C@@H]1C[C@]23COC/C=C\CCNCc4cc(NCC5CCCCC5)cc5c(C(C)=O)cn(c45)CC(=O)N1[C@@H]2C3. The van der Waals surface area contributed by atoms with Gasteiger partial charge in [-0.25, -0.2) is 0 Å². The van der Waals surface area contributed by atoms with Gasteiger partial charge in [0.25, 0.3) is 0 Å². The van der Waals surface area contributed by atoms with Gasteiger partial charge in [0, 0.05) is 150 Å². The lowest BCUT2D eigenvalue weighted by molar-refractivity contribution is -0.139. The molecule has 6 aliphatic heterocycles. The predicted molar refractivity (Wildman–Crippen MR) is 452 cm³/mol. The van der Waals surface area contributed by atoms with Crippen molar-refractivity contribution < 1.29 is 57.4 Å². The van der Waals surface area contributed by atoms with E-state index in [1.165, 1.54) is 37.7 Å². The fourth-order valence-electron chi connectivity index (χ4n) is 20.3. The van der Waals surface area contributed by atoms with Crippen LogP contribution in [0.25, 0.3) is 32.7 Å². The Hall–Kier alpha value is -8.71. The van der Waals surface area contributed by atoms with Crippen molar-refractivity contribution in [3.63, 3.8) is 0 Å². The maximum Gasteiger partial charge on any atom is 0.243 e. The number of aromatic nitrogens is 3. The van der Waals surface area contributed by atoms with Crippen molar-refractivity contribution in [2.75, 3.05) is 83.5 Å². The summed E-state index contributed by atoms with van der Waals surface area (Å²) < 4.78 is 23.8. The molecule has 0 unspecified atom stereocenters. The van der Waals surface area contributed by atoms with Gasteiger partial charge in [-0.05, 0) is 182 Å². The molecule has 23 nitrogen and oxygen atoms in total. The highest BCUT2D eigenvalue weighted by Gasteiger charge is 2.69. The molecule has 6 bridgehead atoms. The molecule has 5 N–H and O–H groups in total. The summed E-state index contributed by atoms with van der Waals surface area (Å²) in [6.07, 6.45) is 34.0. The van der Waals surface area contributed by atoms with Crippen molar-refractivity contribution >= 4 is 96.5 Å². The summed E-state index contributed by atoms with van der Waals surface area (Å²) in [6, 6.07) is 11.6. The number of piperidine rings is 3. The van der Waals surface area contributed by atoms with Crippen LogP contribution in [0.3, 0.4) is 0 Å². The van der Waals surface area contributed by atoms with Crippen LogP contribution < -0.4 is 26.6 Å². The lowest BCUT2D eigenvalue weighted by atomic mass is 9.89. The van der Waals surface area contributed by atoms with E-state index in [0.29, 0.717) is 126 Å². The number of ether oxygens (including phenoxy) is 3. The van der Waals surface area contributed by atoms with Crippen LogP contribution in [0.15, 0.2) is 91.4 Å². The molecule has 4 saturated carbocycles. The lowest BCUT2D eigenvalue weighted by Gasteiger charge is -2.27. The molecule has 16 rings (SSSR count). The monoisotopic (exact) mass is 1590 g/mol. The van der Waals surface area contributed by atoms with Crippen LogP contribution in [0, 0.1) is 28.1 Å². The third kappa shape index (κ3) is 17.8. The van der Waals surface area contributed by atoms with E-state index in [-0.39, 0.29) is 106 Å². The Kier molecular flexibility index (Phi) is 26.2. The second kappa shape index (κ2) is 36.3. The van der Waals surface area contributed by atoms with Gasteiger partial charge >= 0.3 is 0 Å². The van der Waals surface area contributed by atoms with Gasteiger partial charge in [-0.1, -0.05) is 96.4 Å². The molecule has 3 aromatic carbocycles. The predicted octanol–water partition coefficient (Wildman–Crippen LogP) is 13.0. The molecule has 23 heteroatoms. The highest BCUT2D eigenvalue weighted by molar-refractivity contribution is 6.11. The van der Waals surface area contributed by atoms with Gasteiger partial charge in [0.1, 0.15) is 19.6 Å². The van der Waals surface area contributed by atoms with Gasteiger partial charge in [-0.15, -0.1) is 0 Å². The van der Waals surface area contributed by atoms with Crippen molar-refractivity contribution in [3.8, 4) is 0 Å². The Morgan fingerprint density at radius 1 is 0.474 bits per heavy atom. The molecule has 4 aliphatic carbocycles. The number of hydrogen-bond donors (Lipinski definition) is 5. The number of nitrogens with one attached hydrogen (secondary N) is 5. The number of nitrogens with zero attached hydrogens (tertiary/aromatic N) is 6. The molecule has 0 radical (unpaired) electrons. The van der Waals surface area contributed by atoms with Crippen molar-refractivity contribution in [1.82, 2.24) is 44.4 Å². The quantitative estimate of drug-likeness (QED) is 0.0472. The molecular formula is C93H123N11O12. The first kappa shape index (κ1) is 83.8. The van der Waals surface area contributed by atoms with Crippen LogP contribution >= 0.6 is 0 Å². The molecular weight excluding hydrogens is 1460 g/mol. The zero-order valence-corrected chi connectivity index (χ0v) is 69.9. The normalized spacial score (nSPS) is 27.4. The minimum absolute atomic E-state index is 0.00680. The van der Waals surface area contributed by atoms with E-state index in [9.17, 15) is 43.2 Å². The van der Waals surface area contributed by atoms with E-state index < -0.39 is 18.1 Å². The van der Waals surface area contributed by atoms with Crippen LogP contribution in [0.2, 0.25) is 0 Å². The second-order valence-electron chi connectivity index (χ2n) is 35.3. The smallest absolute Gasteiger partial charge is 0.243 e. The highest BCUT2D eigenvalue weighted by Crippen LogP contribution is 2.62. The minimum atomic E-state index is -0.398. The molecule has 3 saturated heterocycles. The molecule has 9 atom stereocenters. The van der Waals surface area contributed by atoms with Crippen molar-refractivity contribution in [1.29, 1.82) is 0 Å². The van der Waals surface area contributed by atoms with Crippen LogP contribution in [0.4, 0.5) is 11.4 Å². The molecule has 116 heavy (non-hydrogen) atoms. The molecule has 6 aromatic rings. The second-order valence-corrected chi connectivity index (χ2v) is 35.3. The Labute approximate surface area is 683 Å². The lowest BCUT2D eigenvalue weighted by Crippen LogP contribution is -2.44. The maximum atomic E-state index is 14.0. The Morgan fingerprint density at radius 3 is 1.20 bits per heavy atom. The summed E-state index contributed by atoms with van der Waals surface area (Å²) in [4.78, 5) is 124. The zero-order chi connectivity index (χ0) is 81.7. The van der Waals surface area contributed by atoms with Crippen molar-refractivity contribution in [3.05, 3.63) is 130 Å². The third-order valence-corrected chi connectivity index (χ3v) is 26.5. The summed E-state index contributed by atoms with van der Waals surface area (Å²) in [5, 5.41) is 20.1. The first-order valence-electron chi connectivity index (χ1n) is 43.2. The summed E-state index contributed by atoms with van der Waals surface area (Å²) in [7, 11) is 1.86. The number of Topliss-reactive ketones (excluding diaryl/α,β-unsaturated/α-hetero) is 6. The summed E-state index contributed by atoms with van der Waals surface area (Å²) >= 11 is 0. The summed E-state index contributed by atoms with van der Waals surface area (Å²) in [6.45, 7) is 23.7. The number of ketones is 6. The molecule has 3 aromatic heterocycles. The maximum absolute atomic E-state index is 14.0. The molecule has 3 amide bonds. The molecule has 9 heterocycles. The van der Waals surface area contributed by atoms with E-state index in [4.69, 9.17) is 14.2 Å². The van der Waals surface area contributed by atoms with Crippen LogP contribution in [0.1, 0.15) is 218 Å². The zero-order valence-electron chi connectivity index (χ0n) is 69.9. The number of carbonyl (C=O) groups excluding carboxylic acids is 9. The number of hydrogen-bond acceptors (Lipinski definition) is 17. The highest BCUT2D eigenvalue weighted by atomic mass is 16.5. The Morgan fingerprint density at radius 2 is 0.836 bits per heavy atom. The van der Waals surface area contributed by atoms with Crippen LogP contribution in [-0.2, 0) is 88.7 Å². The van der Waals surface area contributed by atoms with Crippen LogP contribution in [-0.4, -0.2) is 190 Å². The van der Waals surface area contributed by atoms with Gasteiger partial charge in [0.05, 0.1) is 74.3 Å². The fourth-order valence-corrected chi connectivity index (χ4v) is 20.3. The number of amides is 3. The van der Waals surface area contributed by atoms with E-state index >= 15 is 0 Å². The molecule has 10 aliphatic rings. The van der Waals surface area contributed by atoms with Gasteiger partial charge < -0.3 is 69.2 Å². The van der Waals surface area contributed by atoms with Crippen LogP contribution in [0.5, 0.6) is 0 Å². The summed E-state index contributed by atoms with van der Waals surface area (Å²) in [5.41, 5.74) is 10.6. The first-order chi connectivity index (χ1) is 56.0. The van der Waals surface area contributed by atoms with Gasteiger partial charge in [0.2, 0.25) is 17.7 Å². The average Bonchev–Trinajstić information content (AvgIpc) is 1.55. The standard InChI is InChI=1S/C34H46N4O4.C31H41N3O4.C28H36N4O4/c1-3-30(40)29-16-34-17-31(34)38(29)32(41)21-37-20-28(23(2)39)27-15-26(36-18-24-10-6-4-7-11-24)14-25(33(27)37)19-35-12-8-5-9-13-42-22-34;1-5-27(36)26-14-31-15-28(31)34(26)29(37)18-33-17-25(21(4)35)24-13-22(11-20(2)3)12-23(30(24)33)16-32-9-7-6-8-10-38-19-31;1-4-24(34)23-12-28-13-25(28)32(23)26(35)16-31-15-22(18(2)33)21-11-20(29-3)10-19(27(21)31)14-30-8-6-5-7-9-36-17-28/h5,9,14-15,20,24,29,31,35-36H,3-4,6-8,10-13,16-19,21-22H2,1-2H3;6,8,12-13,17,20,26,28,32H,5,7,9-11,14-16,18-19H2,1-4H3;5,7,10-11,15,23,25,29-30H,4,6,8-9,12-14,16-17H2,1-3H3/b9-5-;8-6-;7-5-/t29-,31+,34-;26-,28+,31-;23-,25+,28-/m000/s1. The van der Waals surface area contributed by atoms with E-state index in [1.807, 2.05) is 80.8 Å². The molecule has 0 spiro atoms. The Bertz CT molecular complexity index is 4820. The summed E-state index contributed by atoms with van der Waals surface area (Å²) in [5.74, 6) is 1.27. The first-order valence-corrected chi connectivity index (χ1v) is 43.2. The largest absolute Gasteiger partial charge is 0.388 e. The number of carbonyl (C=O) groups is 9. The van der Waals surface area contributed by atoms with Gasteiger partial charge in [0.15, 0.2) is 34.7 Å². The number of anilines is 2.